The van der Waals surface area contributed by atoms with E-state index in [2.05, 4.69) is 5.32 Å². The fourth-order valence-corrected chi connectivity index (χ4v) is 3.81. The second kappa shape index (κ2) is 5.82. The summed E-state index contributed by atoms with van der Waals surface area (Å²) in [7, 11) is -2.99. The van der Waals surface area contributed by atoms with E-state index in [1.165, 1.54) is 0 Å². The van der Waals surface area contributed by atoms with Gasteiger partial charge in [-0.2, -0.15) is 0 Å². The number of hydrogen-bond acceptors (Lipinski definition) is 4. The Morgan fingerprint density at radius 2 is 2.12 bits per heavy atom. The highest BCUT2D eigenvalue weighted by Gasteiger charge is 2.31. The molecular weight excluding hydrogens is 240 g/mol. The Kier molecular flexibility index (Phi) is 4.94. The molecule has 1 unspecified atom stereocenters. The first-order valence-corrected chi connectivity index (χ1v) is 7.79. The summed E-state index contributed by atoms with van der Waals surface area (Å²) in [6.45, 7) is 4.19. The first-order chi connectivity index (χ1) is 7.83. The van der Waals surface area contributed by atoms with Crippen LogP contribution in [0.15, 0.2) is 0 Å². The molecule has 0 aromatic carbocycles. The second-order valence-electron chi connectivity index (χ2n) is 5.11. The van der Waals surface area contributed by atoms with Crippen LogP contribution in [0, 0.1) is 5.92 Å². The number of sulfone groups is 1. The van der Waals surface area contributed by atoms with Crippen molar-refractivity contribution in [2.75, 3.05) is 12.3 Å². The van der Waals surface area contributed by atoms with Crippen LogP contribution < -0.4 is 11.1 Å². The van der Waals surface area contributed by atoms with E-state index in [0.717, 1.165) is 0 Å². The molecule has 1 fully saturated rings. The number of carbonyl (C=O) groups excluding carboxylic acids is 1. The molecule has 2 atom stereocenters. The molecule has 1 saturated heterocycles. The summed E-state index contributed by atoms with van der Waals surface area (Å²) >= 11 is 0. The van der Waals surface area contributed by atoms with E-state index in [0.29, 0.717) is 25.2 Å². The third-order valence-corrected chi connectivity index (χ3v) is 5.30. The molecule has 0 aliphatic carbocycles. The van der Waals surface area contributed by atoms with Gasteiger partial charge in [-0.1, -0.05) is 13.8 Å². The van der Waals surface area contributed by atoms with Crippen LogP contribution in [0.4, 0.5) is 0 Å². The van der Waals surface area contributed by atoms with E-state index >= 15 is 0 Å². The van der Waals surface area contributed by atoms with Crippen LogP contribution in [-0.4, -0.2) is 37.9 Å². The Balaban J connectivity index is 2.38. The van der Waals surface area contributed by atoms with Crippen molar-refractivity contribution in [3.05, 3.63) is 0 Å². The van der Waals surface area contributed by atoms with Crippen LogP contribution in [-0.2, 0) is 14.6 Å². The van der Waals surface area contributed by atoms with Crippen LogP contribution >= 0.6 is 0 Å². The van der Waals surface area contributed by atoms with Gasteiger partial charge in [-0.15, -0.1) is 0 Å². The molecule has 0 radical (unpaired) electrons. The molecule has 1 amide bonds. The SMILES string of the molecule is CC(C)C[C@@H](N)C(=O)NCC1CCCS1(=O)=O. The van der Waals surface area contributed by atoms with Gasteiger partial charge in [-0.05, 0) is 25.2 Å². The molecule has 17 heavy (non-hydrogen) atoms. The standard InChI is InChI=1S/C11H22N2O3S/c1-8(2)6-10(12)11(14)13-7-9-4-3-5-17(9,15)16/h8-10H,3-7,12H2,1-2H3,(H,13,14)/t9?,10-/m1/s1. The molecule has 100 valence electrons. The highest BCUT2D eigenvalue weighted by molar-refractivity contribution is 7.92. The second-order valence-corrected chi connectivity index (χ2v) is 7.51. The average Bonchev–Trinajstić information content (AvgIpc) is 2.53. The van der Waals surface area contributed by atoms with Gasteiger partial charge in [-0.25, -0.2) is 8.42 Å². The zero-order valence-corrected chi connectivity index (χ0v) is 11.3. The lowest BCUT2D eigenvalue weighted by Gasteiger charge is -2.16. The van der Waals surface area contributed by atoms with Crippen molar-refractivity contribution >= 4 is 15.7 Å². The minimum Gasteiger partial charge on any atom is -0.353 e. The lowest BCUT2D eigenvalue weighted by atomic mass is 10.0. The summed E-state index contributed by atoms with van der Waals surface area (Å²) < 4.78 is 23.1. The average molecular weight is 262 g/mol. The molecule has 0 aromatic heterocycles. The summed E-state index contributed by atoms with van der Waals surface area (Å²) in [5, 5.41) is 2.22. The molecule has 0 bridgehead atoms. The van der Waals surface area contributed by atoms with Crippen molar-refractivity contribution in [3.8, 4) is 0 Å². The summed E-state index contributed by atoms with van der Waals surface area (Å²) in [5.41, 5.74) is 5.71. The van der Waals surface area contributed by atoms with Gasteiger partial charge in [-0.3, -0.25) is 4.79 Å². The van der Waals surface area contributed by atoms with E-state index in [1.807, 2.05) is 13.8 Å². The molecule has 1 aliphatic rings. The highest BCUT2D eigenvalue weighted by Crippen LogP contribution is 2.19. The number of carbonyl (C=O) groups is 1. The maximum absolute atomic E-state index is 11.6. The van der Waals surface area contributed by atoms with E-state index in [4.69, 9.17) is 5.73 Å². The first-order valence-electron chi connectivity index (χ1n) is 6.08. The Bertz CT molecular complexity index is 365. The van der Waals surface area contributed by atoms with Gasteiger partial charge in [0, 0.05) is 6.54 Å². The molecule has 1 aliphatic heterocycles. The van der Waals surface area contributed by atoms with Gasteiger partial charge >= 0.3 is 0 Å². The summed E-state index contributed by atoms with van der Waals surface area (Å²) in [6.07, 6.45) is 1.95. The van der Waals surface area contributed by atoms with Gasteiger partial charge in [0.15, 0.2) is 9.84 Å². The van der Waals surface area contributed by atoms with Crippen molar-refractivity contribution in [3.63, 3.8) is 0 Å². The van der Waals surface area contributed by atoms with E-state index in [1.54, 1.807) is 0 Å². The lowest BCUT2D eigenvalue weighted by Crippen LogP contribution is -2.44. The molecule has 5 nitrogen and oxygen atoms in total. The zero-order chi connectivity index (χ0) is 13.1. The minimum atomic E-state index is -2.99. The molecule has 3 N–H and O–H groups in total. The molecule has 6 heteroatoms. The molecular formula is C11H22N2O3S. The van der Waals surface area contributed by atoms with Crippen molar-refractivity contribution in [2.45, 2.75) is 44.4 Å². The predicted molar refractivity (Wildman–Crippen MR) is 67.2 cm³/mol. The zero-order valence-electron chi connectivity index (χ0n) is 10.5. The Morgan fingerprint density at radius 1 is 1.47 bits per heavy atom. The molecule has 0 aromatic rings. The third kappa shape index (κ3) is 4.27. The van der Waals surface area contributed by atoms with Crippen LogP contribution in [0.3, 0.4) is 0 Å². The van der Waals surface area contributed by atoms with E-state index < -0.39 is 21.1 Å². The maximum atomic E-state index is 11.6. The summed E-state index contributed by atoms with van der Waals surface area (Å²) in [6, 6.07) is -0.542. The van der Waals surface area contributed by atoms with E-state index in [9.17, 15) is 13.2 Å². The van der Waals surface area contributed by atoms with Gasteiger partial charge in [0.2, 0.25) is 5.91 Å². The van der Waals surface area contributed by atoms with Crippen molar-refractivity contribution < 1.29 is 13.2 Å². The van der Waals surface area contributed by atoms with E-state index in [-0.39, 0.29) is 18.2 Å². The third-order valence-electron chi connectivity index (χ3n) is 3.03. The fraction of sp³-hybridized carbons (Fsp3) is 0.909. The topological polar surface area (TPSA) is 89.3 Å². The number of amides is 1. The number of nitrogens with two attached hydrogens (primary N) is 1. The molecule has 1 heterocycles. The largest absolute Gasteiger partial charge is 0.353 e. The number of nitrogens with one attached hydrogen (secondary N) is 1. The fourth-order valence-electron chi connectivity index (χ4n) is 2.05. The quantitative estimate of drug-likeness (QED) is 0.733. The smallest absolute Gasteiger partial charge is 0.236 e. The van der Waals surface area contributed by atoms with Gasteiger partial charge in [0.05, 0.1) is 17.0 Å². The van der Waals surface area contributed by atoms with Gasteiger partial charge in [0.25, 0.3) is 0 Å². The lowest BCUT2D eigenvalue weighted by molar-refractivity contribution is -0.122. The van der Waals surface area contributed by atoms with Crippen molar-refractivity contribution in [2.24, 2.45) is 11.7 Å². The normalized spacial score (nSPS) is 24.8. The Labute approximate surface area is 103 Å². The predicted octanol–water partition coefficient (Wildman–Crippen LogP) is 0.0532. The van der Waals surface area contributed by atoms with Crippen LogP contribution in [0.2, 0.25) is 0 Å². The van der Waals surface area contributed by atoms with Crippen LogP contribution in [0.1, 0.15) is 33.1 Å². The van der Waals surface area contributed by atoms with Gasteiger partial charge in [0.1, 0.15) is 0 Å². The highest BCUT2D eigenvalue weighted by atomic mass is 32.2. The monoisotopic (exact) mass is 262 g/mol. The van der Waals surface area contributed by atoms with Gasteiger partial charge < -0.3 is 11.1 Å². The summed E-state index contributed by atoms with van der Waals surface area (Å²) in [4.78, 5) is 11.6. The molecule has 0 saturated carbocycles. The Hall–Kier alpha value is -0.620. The maximum Gasteiger partial charge on any atom is 0.236 e. The summed E-state index contributed by atoms with van der Waals surface area (Å²) in [5.74, 6) is 0.345. The van der Waals surface area contributed by atoms with Crippen LogP contribution in [0.25, 0.3) is 0 Å². The minimum absolute atomic E-state index is 0.201. The Morgan fingerprint density at radius 3 is 2.59 bits per heavy atom. The number of hydrogen-bond donors (Lipinski definition) is 2. The first kappa shape index (κ1) is 14.4. The molecule has 1 rings (SSSR count). The van der Waals surface area contributed by atoms with Crippen LogP contribution in [0.5, 0.6) is 0 Å². The molecule has 0 spiro atoms. The van der Waals surface area contributed by atoms with Crippen molar-refractivity contribution in [1.29, 1.82) is 0 Å². The number of rotatable bonds is 5. The van der Waals surface area contributed by atoms with Crippen molar-refractivity contribution in [1.82, 2.24) is 5.32 Å².